The third kappa shape index (κ3) is 4.53. The van der Waals surface area contributed by atoms with Crippen molar-refractivity contribution < 1.29 is 14.3 Å². The van der Waals surface area contributed by atoms with Gasteiger partial charge in [0.25, 0.3) is 5.56 Å². The van der Waals surface area contributed by atoms with Crippen LogP contribution in [-0.2, 0) is 24.2 Å². The average molecular weight is 448 g/mol. The molecule has 0 spiro atoms. The van der Waals surface area contributed by atoms with E-state index in [4.69, 9.17) is 4.74 Å². The van der Waals surface area contributed by atoms with Crippen molar-refractivity contribution >= 4 is 22.7 Å². The Labute approximate surface area is 192 Å². The zero-order valence-electron chi connectivity index (χ0n) is 19.2. The summed E-state index contributed by atoms with van der Waals surface area (Å²) in [6, 6.07) is 6.57. The van der Waals surface area contributed by atoms with E-state index >= 15 is 0 Å². The van der Waals surface area contributed by atoms with E-state index in [2.05, 4.69) is 11.6 Å². The van der Waals surface area contributed by atoms with Gasteiger partial charge in [-0.2, -0.15) is 0 Å². The Morgan fingerprint density at radius 1 is 1.15 bits per heavy atom. The van der Waals surface area contributed by atoms with Crippen LogP contribution in [0.15, 0.2) is 41.7 Å². The summed E-state index contributed by atoms with van der Waals surface area (Å²) < 4.78 is 9.06. The van der Waals surface area contributed by atoms with E-state index in [1.165, 1.54) is 0 Å². The normalized spacial score (nSPS) is 13.8. The highest BCUT2D eigenvalue weighted by Gasteiger charge is 2.19. The minimum atomic E-state index is -0.612. The molecule has 0 aliphatic carbocycles. The van der Waals surface area contributed by atoms with Gasteiger partial charge in [0.2, 0.25) is 5.78 Å². The van der Waals surface area contributed by atoms with Gasteiger partial charge in [-0.1, -0.05) is 18.9 Å². The first kappa shape index (κ1) is 22.7. The number of nitrogens with zero attached hydrogens (tertiary/aromatic N) is 3. The molecule has 2 aromatic heterocycles. The first-order valence-corrected chi connectivity index (χ1v) is 11.4. The van der Waals surface area contributed by atoms with Gasteiger partial charge >= 0.3 is 5.97 Å². The number of fused-ring (bicyclic) bond motifs is 2. The number of benzene rings is 1. The molecule has 1 aliphatic rings. The largest absolute Gasteiger partial charge is 0.454 e. The highest BCUT2D eigenvalue weighted by atomic mass is 16.5. The minimum Gasteiger partial charge on any atom is -0.454 e. The van der Waals surface area contributed by atoms with Crippen LogP contribution in [0, 0.1) is 13.8 Å². The average Bonchev–Trinajstić information content (AvgIpc) is 3.07. The van der Waals surface area contributed by atoms with Gasteiger partial charge in [0.1, 0.15) is 5.82 Å². The Hall–Kier alpha value is -3.48. The SMILES string of the molecule is C=CCn1c(C)cc(C(=O)COC(=O)c2ccc3c(=O)n4c(nc3c2)CCCCCC4)c1C. The van der Waals surface area contributed by atoms with Gasteiger partial charge in [-0.25, -0.2) is 9.78 Å². The molecule has 0 atom stereocenters. The van der Waals surface area contributed by atoms with Crippen molar-refractivity contribution in [1.82, 2.24) is 14.1 Å². The maximum Gasteiger partial charge on any atom is 0.338 e. The molecule has 7 nitrogen and oxygen atoms in total. The van der Waals surface area contributed by atoms with Crippen molar-refractivity contribution in [2.24, 2.45) is 0 Å². The van der Waals surface area contributed by atoms with Crippen molar-refractivity contribution in [3.8, 4) is 0 Å². The number of allylic oxidation sites excluding steroid dienone is 1. The number of ketones is 1. The van der Waals surface area contributed by atoms with E-state index in [9.17, 15) is 14.4 Å². The number of rotatable bonds is 6. The number of ether oxygens (including phenoxy) is 1. The molecule has 0 saturated heterocycles. The Kier molecular flexibility index (Phi) is 6.58. The predicted molar refractivity (Wildman–Crippen MR) is 127 cm³/mol. The molecule has 0 radical (unpaired) electrons. The Morgan fingerprint density at radius 3 is 2.73 bits per heavy atom. The molecule has 0 bridgehead atoms. The van der Waals surface area contributed by atoms with Crippen LogP contribution in [0.3, 0.4) is 0 Å². The molecule has 0 fully saturated rings. The topological polar surface area (TPSA) is 83.2 Å². The number of hydrogen-bond acceptors (Lipinski definition) is 5. The lowest BCUT2D eigenvalue weighted by atomic mass is 10.1. The van der Waals surface area contributed by atoms with Crippen molar-refractivity contribution in [1.29, 1.82) is 0 Å². The minimum absolute atomic E-state index is 0.0677. The molecule has 4 rings (SSSR count). The molecule has 3 aromatic rings. The zero-order valence-corrected chi connectivity index (χ0v) is 19.2. The van der Waals surface area contributed by atoms with E-state index in [0.29, 0.717) is 29.6 Å². The van der Waals surface area contributed by atoms with Crippen LogP contribution in [0.4, 0.5) is 0 Å². The Bertz CT molecular complexity index is 1300. The van der Waals surface area contributed by atoms with Gasteiger partial charge in [-0.15, -0.1) is 6.58 Å². The zero-order chi connectivity index (χ0) is 23.5. The number of aromatic nitrogens is 3. The van der Waals surface area contributed by atoms with Gasteiger partial charge in [-0.05, 0) is 51.0 Å². The van der Waals surface area contributed by atoms with Gasteiger partial charge in [0.05, 0.1) is 16.5 Å². The van der Waals surface area contributed by atoms with E-state index in [1.54, 1.807) is 34.9 Å². The number of Topliss-reactive ketones (excluding diaryl/α,β-unsaturated/α-hetero) is 1. The van der Waals surface area contributed by atoms with E-state index < -0.39 is 5.97 Å². The number of hydrogen-bond donors (Lipinski definition) is 0. The summed E-state index contributed by atoms with van der Waals surface area (Å²) in [4.78, 5) is 43.0. The molecular formula is C26H29N3O4. The summed E-state index contributed by atoms with van der Waals surface area (Å²) in [6.07, 6.45) is 6.73. The standard InChI is InChI=1S/C26H29N3O4/c1-4-12-28-17(2)14-21(18(28)3)23(30)16-33-26(32)19-10-11-20-22(15-19)27-24-9-7-5-6-8-13-29(24)25(20)31/h4,10-11,14-15H,1,5-9,12-13,16H2,2-3H3. The van der Waals surface area contributed by atoms with Crippen molar-refractivity contribution in [2.45, 2.75) is 59.0 Å². The smallest absolute Gasteiger partial charge is 0.338 e. The van der Waals surface area contributed by atoms with Gasteiger partial charge in [0.15, 0.2) is 6.61 Å². The van der Waals surface area contributed by atoms with Crippen molar-refractivity contribution in [2.75, 3.05) is 6.61 Å². The first-order valence-electron chi connectivity index (χ1n) is 11.4. The fourth-order valence-corrected chi connectivity index (χ4v) is 4.51. The quantitative estimate of drug-likeness (QED) is 0.322. The monoisotopic (exact) mass is 447 g/mol. The van der Waals surface area contributed by atoms with Crippen LogP contribution in [0.2, 0.25) is 0 Å². The third-order valence-corrected chi connectivity index (χ3v) is 6.32. The molecule has 7 heteroatoms. The van der Waals surface area contributed by atoms with Crippen LogP contribution < -0.4 is 5.56 Å². The number of esters is 1. The number of aryl methyl sites for hydroxylation is 2. The van der Waals surface area contributed by atoms with Crippen molar-refractivity contribution in [3.63, 3.8) is 0 Å². The highest BCUT2D eigenvalue weighted by molar-refractivity contribution is 6.01. The molecular weight excluding hydrogens is 418 g/mol. The molecule has 172 valence electrons. The lowest BCUT2D eigenvalue weighted by Gasteiger charge is -2.16. The number of carbonyl (C=O) groups excluding carboxylic acids is 2. The third-order valence-electron chi connectivity index (χ3n) is 6.32. The lowest BCUT2D eigenvalue weighted by Crippen LogP contribution is -2.26. The molecule has 0 N–H and O–H groups in total. The summed E-state index contributed by atoms with van der Waals surface area (Å²) >= 11 is 0. The fourth-order valence-electron chi connectivity index (χ4n) is 4.51. The predicted octanol–water partition coefficient (Wildman–Crippen LogP) is 4.16. The summed E-state index contributed by atoms with van der Waals surface area (Å²) in [6.45, 7) is 8.47. The highest BCUT2D eigenvalue weighted by Crippen LogP contribution is 2.18. The van der Waals surface area contributed by atoms with Gasteiger partial charge in [0, 0.05) is 36.5 Å². The second-order valence-corrected chi connectivity index (χ2v) is 8.56. The molecule has 0 amide bonds. The van der Waals surface area contributed by atoms with Crippen LogP contribution in [-0.4, -0.2) is 32.5 Å². The first-order chi connectivity index (χ1) is 15.9. The summed E-state index contributed by atoms with van der Waals surface area (Å²) in [5.74, 6) is -0.105. The molecule has 1 aliphatic heterocycles. The van der Waals surface area contributed by atoms with Crippen LogP contribution in [0.1, 0.15) is 63.6 Å². The van der Waals surface area contributed by atoms with E-state index in [-0.39, 0.29) is 23.5 Å². The fraction of sp³-hybridized carbons (Fsp3) is 0.385. The van der Waals surface area contributed by atoms with Crippen LogP contribution in [0.25, 0.3) is 10.9 Å². The molecule has 1 aromatic carbocycles. The second kappa shape index (κ2) is 9.57. The van der Waals surface area contributed by atoms with Crippen LogP contribution in [0.5, 0.6) is 0 Å². The van der Waals surface area contributed by atoms with Gasteiger partial charge in [-0.3, -0.25) is 14.2 Å². The molecule has 3 heterocycles. The molecule has 0 saturated carbocycles. The summed E-state index contributed by atoms with van der Waals surface area (Å²) in [5, 5.41) is 0.488. The van der Waals surface area contributed by atoms with Crippen molar-refractivity contribution in [3.05, 3.63) is 75.6 Å². The second-order valence-electron chi connectivity index (χ2n) is 8.56. The van der Waals surface area contributed by atoms with Crippen LogP contribution >= 0.6 is 0 Å². The lowest BCUT2D eigenvalue weighted by molar-refractivity contribution is 0.0474. The summed E-state index contributed by atoms with van der Waals surface area (Å²) in [7, 11) is 0. The number of carbonyl (C=O) groups is 2. The van der Waals surface area contributed by atoms with Gasteiger partial charge < -0.3 is 9.30 Å². The maximum absolute atomic E-state index is 13.0. The summed E-state index contributed by atoms with van der Waals surface area (Å²) in [5.41, 5.74) is 3.00. The Balaban J connectivity index is 1.53. The van der Waals surface area contributed by atoms with E-state index in [1.807, 2.05) is 18.4 Å². The molecule has 33 heavy (non-hydrogen) atoms. The van der Waals surface area contributed by atoms with E-state index in [0.717, 1.165) is 49.3 Å². The molecule has 0 unspecified atom stereocenters. The Morgan fingerprint density at radius 2 is 1.94 bits per heavy atom. The maximum atomic E-state index is 13.0.